The van der Waals surface area contributed by atoms with E-state index in [4.69, 9.17) is 9.47 Å². The van der Waals surface area contributed by atoms with E-state index in [2.05, 4.69) is 23.1 Å². The molecule has 27 heavy (non-hydrogen) atoms. The molecule has 0 unspecified atom stereocenters. The summed E-state index contributed by atoms with van der Waals surface area (Å²) >= 11 is 0. The van der Waals surface area contributed by atoms with E-state index in [1.807, 2.05) is 38.1 Å². The van der Waals surface area contributed by atoms with Crippen molar-refractivity contribution in [3.63, 3.8) is 0 Å². The van der Waals surface area contributed by atoms with Gasteiger partial charge in [-0.1, -0.05) is 48.0 Å². The topological polar surface area (TPSA) is 38.8 Å². The molecule has 0 saturated carbocycles. The molecule has 2 saturated heterocycles. The molecule has 2 aliphatic heterocycles. The van der Waals surface area contributed by atoms with Crippen LogP contribution >= 0.6 is 0 Å². The molecule has 142 valence electrons. The van der Waals surface area contributed by atoms with Gasteiger partial charge in [-0.25, -0.2) is 0 Å². The van der Waals surface area contributed by atoms with Crippen molar-refractivity contribution in [3.05, 3.63) is 70.3 Å². The number of carbonyl (C=O) groups excluding carboxylic acids is 1. The zero-order valence-electron chi connectivity index (χ0n) is 16.2. The lowest BCUT2D eigenvalue weighted by Gasteiger charge is -2.37. The first-order valence-corrected chi connectivity index (χ1v) is 9.76. The highest BCUT2D eigenvalue weighted by molar-refractivity contribution is 6.09. The lowest BCUT2D eigenvalue weighted by Crippen LogP contribution is -2.44. The highest BCUT2D eigenvalue weighted by Crippen LogP contribution is 2.31. The van der Waals surface area contributed by atoms with Gasteiger partial charge in [0.25, 0.3) is 0 Å². The van der Waals surface area contributed by atoms with Gasteiger partial charge < -0.3 is 9.47 Å². The fraction of sp³-hybridized carbons (Fsp3) is 0.435. The summed E-state index contributed by atoms with van der Waals surface area (Å²) in [6.07, 6.45) is 1.85. The Kier molecular flexibility index (Phi) is 5.13. The summed E-state index contributed by atoms with van der Waals surface area (Å²) in [6, 6.07) is 14.0. The first-order chi connectivity index (χ1) is 13.0. The number of ether oxygens (including phenoxy) is 2. The monoisotopic (exact) mass is 365 g/mol. The number of hydrogen-bond donors (Lipinski definition) is 0. The highest BCUT2D eigenvalue weighted by atomic mass is 16.7. The van der Waals surface area contributed by atoms with E-state index in [0.29, 0.717) is 0 Å². The van der Waals surface area contributed by atoms with E-state index in [-0.39, 0.29) is 11.6 Å². The van der Waals surface area contributed by atoms with Crippen molar-refractivity contribution in [3.8, 4) is 0 Å². The van der Waals surface area contributed by atoms with Crippen molar-refractivity contribution >= 4 is 5.78 Å². The maximum atomic E-state index is 12.8. The van der Waals surface area contributed by atoms with E-state index in [1.165, 1.54) is 11.1 Å². The van der Waals surface area contributed by atoms with Crippen molar-refractivity contribution in [1.82, 2.24) is 4.90 Å². The zero-order valence-corrected chi connectivity index (χ0v) is 16.2. The van der Waals surface area contributed by atoms with E-state index >= 15 is 0 Å². The first kappa shape index (κ1) is 18.4. The summed E-state index contributed by atoms with van der Waals surface area (Å²) in [5, 5.41) is 0. The lowest BCUT2D eigenvalue weighted by atomic mass is 9.97. The smallest absolute Gasteiger partial charge is 0.193 e. The lowest BCUT2D eigenvalue weighted by molar-refractivity contribution is -0.185. The molecule has 0 N–H and O–H groups in total. The van der Waals surface area contributed by atoms with E-state index in [0.717, 1.165) is 62.4 Å². The molecule has 0 aromatic heterocycles. The Hall–Kier alpha value is -2.01. The molecule has 0 atom stereocenters. The Morgan fingerprint density at radius 3 is 2.30 bits per heavy atom. The Labute approximate surface area is 161 Å². The predicted molar refractivity (Wildman–Crippen MR) is 105 cm³/mol. The molecular weight excluding hydrogens is 338 g/mol. The number of hydrogen-bond acceptors (Lipinski definition) is 4. The molecule has 4 rings (SSSR count). The third-order valence-electron chi connectivity index (χ3n) is 5.68. The molecular formula is C23H27NO3. The molecule has 4 heteroatoms. The number of piperidine rings is 1. The summed E-state index contributed by atoms with van der Waals surface area (Å²) in [5.74, 6) is -0.229. The average Bonchev–Trinajstić information content (AvgIpc) is 3.12. The standard InChI is InChI=1S/C23H27NO3/c1-17-3-8-21(18(2)15-17)22(25)20-6-4-19(5-7-20)16-24-11-9-23(10-12-24)26-13-14-27-23/h3-8,15H,9-14,16H2,1-2H3. The van der Waals surface area contributed by atoms with Gasteiger partial charge >= 0.3 is 0 Å². The first-order valence-electron chi connectivity index (χ1n) is 9.76. The van der Waals surface area contributed by atoms with Gasteiger partial charge in [0.15, 0.2) is 11.6 Å². The Balaban J connectivity index is 1.38. The minimum Gasteiger partial charge on any atom is -0.347 e. The van der Waals surface area contributed by atoms with Crippen molar-refractivity contribution in [1.29, 1.82) is 0 Å². The molecule has 0 amide bonds. The fourth-order valence-corrected chi connectivity index (χ4v) is 4.08. The molecule has 2 fully saturated rings. The molecule has 0 radical (unpaired) electrons. The van der Waals surface area contributed by atoms with Crippen LogP contribution in [0.2, 0.25) is 0 Å². The molecule has 2 heterocycles. The molecule has 4 nitrogen and oxygen atoms in total. The summed E-state index contributed by atoms with van der Waals surface area (Å²) in [7, 11) is 0. The minimum atomic E-state index is -0.321. The van der Waals surface area contributed by atoms with Crippen molar-refractivity contribution in [2.24, 2.45) is 0 Å². The maximum absolute atomic E-state index is 12.8. The molecule has 1 spiro atoms. The van der Waals surface area contributed by atoms with Crippen molar-refractivity contribution < 1.29 is 14.3 Å². The molecule has 2 aromatic carbocycles. The predicted octanol–water partition coefficient (Wildman–Crippen LogP) is 3.87. The number of benzene rings is 2. The molecule has 0 aliphatic carbocycles. The van der Waals surface area contributed by atoms with Crippen LogP contribution in [-0.4, -0.2) is 42.8 Å². The van der Waals surface area contributed by atoms with Gasteiger partial charge in [0, 0.05) is 43.6 Å². The van der Waals surface area contributed by atoms with Gasteiger partial charge in [0.05, 0.1) is 13.2 Å². The second-order valence-electron chi connectivity index (χ2n) is 7.73. The largest absolute Gasteiger partial charge is 0.347 e. The van der Waals surface area contributed by atoms with Crippen LogP contribution in [0, 0.1) is 13.8 Å². The second-order valence-corrected chi connectivity index (χ2v) is 7.73. The minimum absolute atomic E-state index is 0.0921. The summed E-state index contributed by atoms with van der Waals surface area (Å²) < 4.78 is 11.6. The molecule has 2 aliphatic rings. The van der Waals surface area contributed by atoms with Gasteiger partial charge in [-0.15, -0.1) is 0 Å². The zero-order chi connectivity index (χ0) is 18.9. The van der Waals surface area contributed by atoms with Crippen molar-refractivity contribution in [2.75, 3.05) is 26.3 Å². The summed E-state index contributed by atoms with van der Waals surface area (Å²) in [5.41, 5.74) is 4.97. The van der Waals surface area contributed by atoms with Crippen LogP contribution in [0.25, 0.3) is 0 Å². The number of nitrogens with zero attached hydrogens (tertiary/aromatic N) is 1. The molecule has 2 aromatic rings. The molecule has 0 bridgehead atoms. The highest BCUT2D eigenvalue weighted by Gasteiger charge is 2.39. The van der Waals surface area contributed by atoms with Crippen LogP contribution in [0.1, 0.15) is 45.5 Å². The maximum Gasteiger partial charge on any atom is 0.193 e. The second kappa shape index (κ2) is 7.55. The van der Waals surface area contributed by atoms with Crippen LogP contribution < -0.4 is 0 Å². The quantitative estimate of drug-likeness (QED) is 0.771. The number of likely N-dealkylation sites (tertiary alicyclic amines) is 1. The van der Waals surface area contributed by atoms with Crippen LogP contribution in [0.4, 0.5) is 0 Å². The van der Waals surface area contributed by atoms with E-state index in [1.54, 1.807) is 0 Å². The van der Waals surface area contributed by atoms with Crippen LogP contribution in [0.15, 0.2) is 42.5 Å². The Morgan fingerprint density at radius 1 is 1.00 bits per heavy atom. The van der Waals surface area contributed by atoms with E-state index < -0.39 is 0 Å². The third kappa shape index (κ3) is 3.98. The Morgan fingerprint density at radius 2 is 1.67 bits per heavy atom. The normalized spacial score (nSPS) is 19.5. The van der Waals surface area contributed by atoms with E-state index in [9.17, 15) is 4.79 Å². The average molecular weight is 365 g/mol. The number of rotatable bonds is 4. The Bertz CT molecular complexity index is 812. The summed E-state index contributed by atoms with van der Waals surface area (Å²) in [4.78, 5) is 15.2. The van der Waals surface area contributed by atoms with Gasteiger partial charge in [-0.2, -0.15) is 0 Å². The fourth-order valence-electron chi connectivity index (χ4n) is 4.08. The van der Waals surface area contributed by atoms with Crippen LogP contribution in [0.5, 0.6) is 0 Å². The van der Waals surface area contributed by atoms with Gasteiger partial charge in [0.2, 0.25) is 0 Å². The third-order valence-corrected chi connectivity index (χ3v) is 5.68. The SMILES string of the molecule is Cc1ccc(C(=O)c2ccc(CN3CCC4(CC3)OCCO4)cc2)c(C)c1. The van der Waals surface area contributed by atoms with Gasteiger partial charge in [-0.05, 0) is 25.0 Å². The number of ketones is 1. The van der Waals surface area contributed by atoms with Crippen molar-refractivity contribution in [2.45, 2.75) is 39.0 Å². The van der Waals surface area contributed by atoms with Gasteiger partial charge in [-0.3, -0.25) is 9.69 Å². The van der Waals surface area contributed by atoms with Crippen LogP contribution in [-0.2, 0) is 16.0 Å². The number of aryl methyl sites for hydroxylation is 2. The number of carbonyl (C=O) groups is 1. The van der Waals surface area contributed by atoms with Crippen LogP contribution in [0.3, 0.4) is 0 Å². The van der Waals surface area contributed by atoms with Gasteiger partial charge in [0.1, 0.15) is 0 Å². The summed E-state index contributed by atoms with van der Waals surface area (Å²) in [6.45, 7) is 8.32.